The number of rotatable bonds is 3. The highest BCUT2D eigenvalue weighted by Crippen LogP contribution is 2.10. The van der Waals surface area contributed by atoms with Crippen LogP contribution in [-0.4, -0.2) is 27.6 Å². The topological polar surface area (TPSA) is 94.1 Å². The van der Waals surface area contributed by atoms with Crippen molar-refractivity contribution in [1.29, 1.82) is 0 Å². The number of nitrogens with zero attached hydrogens (tertiary/aromatic N) is 2. The number of carbonyl (C=O) groups excluding carboxylic acids is 1. The molecule has 0 bridgehead atoms. The van der Waals surface area contributed by atoms with Crippen molar-refractivity contribution >= 4 is 16.9 Å². The lowest BCUT2D eigenvalue weighted by Crippen LogP contribution is -2.35. The molecular weight excluding hydrogens is 298 g/mol. The first-order valence-corrected chi connectivity index (χ1v) is 6.84. The van der Waals surface area contributed by atoms with Crippen molar-refractivity contribution in [3.63, 3.8) is 0 Å². The lowest BCUT2D eigenvalue weighted by molar-refractivity contribution is 0.0601. The van der Waals surface area contributed by atoms with E-state index in [4.69, 9.17) is 0 Å². The number of benzene rings is 1. The van der Waals surface area contributed by atoms with E-state index in [1.54, 1.807) is 24.5 Å². The van der Waals surface area contributed by atoms with Crippen LogP contribution in [0.4, 0.5) is 0 Å². The Morgan fingerprint density at radius 3 is 2.65 bits per heavy atom. The molecule has 3 rings (SSSR count). The minimum atomic E-state index is -0.543. The van der Waals surface area contributed by atoms with Gasteiger partial charge in [0.15, 0.2) is 0 Å². The van der Waals surface area contributed by atoms with Crippen molar-refractivity contribution in [2.45, 2.75) is 6.54 Å². The molecule has 0 saturated heterocycles. The van der Waals surface area contributed by atoms with E-state index in [0.29, 0.717) is 5.52 Å². The highest BCUT2D eigenvalue weighted by molar-refractivity contribution is 5.94. The molecule has 0 unspecified atom stereocenters. The third kappa shape index (κ3) is 2.76. The fourth-order valence-corrected chi connectivity index (χ4v) is 2.31. The lowest BCUT2D eigenvalue weighted by atomic mass is 10.1. The van der Waals surface area contributed by atoms with Crippen LogP contribution in [-0.2, 0) is 11.3 Å². The van der Waals surface area contributed by atoms with Gasteiger partial charge in [-0.3, -0.25) is 14.3 Å². The Labute approximate surface area is 130 Å². The standard InChI is InChI=1S/C16H13N3O4/c1-23-15(21)11-2-3-13-12(8-11)14(20)19(16(22)18-13)9-10-4-6-17-7-5-10/h2-8H,9H2,1H3,(H,18,22). The highest BCUT2D eigenvalue weighted by atomic mass is 16.5. The number of ether oxygens (including phenoxy) is 1. The van der Waals surface area contributed by atoms with Gasteiger partial charge in [-0.05, 0) is 35.9 Å². The van der Waals surface area contributed by atoms with Gasteiger partial charge in [0, 0.05) is 12.4 Å². The Morgan fingerprint density at radius 2 is 1.96 bits per heavy atom. The van der Waals surface area contributed by atoms with E-state index < -0.39 is 17.2 Å². The van der Waals surface area contributed by atoms with Crippen molar-refractivity contribution in [3.05, 3.63) is 74.7 Å². The molecule has 0 amide bonds. The quantitative estimate of drug-likeness (QED) is 0.726. The minimum Gasteiger partial charge on any atom is -0.465 e. The van der Waals surface area contributed by atoms with Crippen LogP contribution < -0.4 is 11.2 Å². The third-order valence-corrected chi connectivity index (χ3v) is 3.49. The number of carbonyl (C=O) groups is 1. The van der Waals surface area contributed by atoms with Gasteiger partial charge >= 0.3 is 11.7 Å². The molecule has 0 aliphatic carbocycles. The Balaban J connectivity index is 2.17. The summed E-state index contributed by atoms with van der Waals surface area (Å²) in [7, 11) is 1.27. The second-order valence-corrected chi connectivity index (χ2v) is 4.93. The monoisotopic (exact) mass is 311 g/mol. The van der Waals surface area contributed by atoms with E-state index in [1.165, 1.54) is 25.3 Å². The summed E-state index contributed by atoms with van der Waals surface area (Å²) in [5.74, 6) is -0.543. The van der Waals surface area contributed by atoms with Crippen LogP contribution in [0.5, 0.6) is 0 Å². The molecule has 0 aliphatic rings. The minimum absolute atomic E-state index is 0.120. The molecule has 2 aromatic heterocycles. The molecular formula is C16H13N3O4. The summed E-state index contributed by atoms with van der Waals surface area (Å²) in [6, 6.07) is 7.88. The summed E-state index contributed by atoms with van der Waals surface area (Å²) >= 11 is 0. The summed E-state index contributed by atoms with van der Waals surface area (Å²) in [5, 5.41) is 0.251. The average molecular weight is 311 g/mol. The Morgan fingerprint density at radius 1 is 1.22 bits per heavy atom. The van der Waals surface area contributed by atoms with Gasteiger partial charge in [0.1, 0.15) is 0 Å². The number of pyridine rings is 1. The van der Waals surface area contributed by atoms with Crippen LogP contribution in [0.1, 0.15) is 15.9 Å². The average Bonchev–Trinajstić information content (AvgIpc) is 2.58. The lowest BCUT2D eigenvalue weighted by Gasteiger charge is -2.07. The van der Waals surface area contributed by atoms with E-state index in [-0.39, 0.29) is 17.5 Å². The molecule has 1 N–H and O–H groups in total. The summed E-state index contributed by atoms with van der Waals surface area (Å²) in [5.41, 5.74) is 0.422. The number of aromatic amines is 1. The number of H-pyrrole nitrogens is 1. The molecule has 0 spiro atoms. The maximum Gasteiger partial charge on any atom is 0.337 e. The largest absolute Gasteiger partial charge is 0.465 e. The first kappa shape index (κ1) is 14.7. The van der Waals surface area contributed by atoms with Crippen molar-refractivity contribution in [1.82, 2.24) is 14.5 Å². The molecule has 0 saturated carbocycles. The molecule has 7 heteroatoms. The number of fused-ring (bicyclic) bond motifs is 1. The van der Waals surface area contributed by atoms with Crippen LogP contribution >= 0.6 is 0 Å². The fourth-order valence-electron chi connectivity index (χ4n) is 2.31. The predicted octanol–water partition coefficient (Wildman–Crippen LogP) is 0.920. The number of esters is 1. The van der Waals surface area contributed by atoms with Gasteiger partial charge in [0.05, 0.1) is 30.1 Å². The van der Waals surface area contributed by atoms with Gasteiger partial charge in [0.25, 0.3) is 5.56 Å². The first-order valence-electron chi connectivity index (χ1n) is 6.84. The first-order chi connectivity index (χ1) is 11.1. The molecule has 1 aromatic carbocycles. The van der Waals surface area contributed by atoms with Gasteiger partial charge < -0.3 is 9.72 Å². The molecule has 3 aromatic rings. The fraction of sp³-hybridized carbons (Fsp3) is 0.125. The summed E-state index contributed by atoms with van der Waals surface area (Å²) in [6.07, 6.45) is 3.18. The van der Waals surface area contributed by atoms with Gasteiger partial charge in [-0.1, -0.05) is 0 Å². The van der Waals surface area contributed by atoms with Crippen LogP contribution in [0.3, 0.4) is 0 Å². The molecule has 23 heavy (non-hydrogen) atoms. The number of methoxy groups -OCH3 is 1. The zero-order valence-corrected chi connectivity index (χ0v) is 12.3. The van der Waals surface area contributed by atoms with Crippen molar-refractivity contribution in [2.75, 3.05) is 7.11 Å². The Bertz CT molecular complexity index is 990. The van der Waals surface area contributed by atoms with E-state index in [2.05, 4.69) is 14.7 Å². The van der Waals surface area contributed by atoms with E-state index >= 15 is 0 Å². The van der Waals surface area contributed by atoms with Crippen LogP contribution in [0.2, 0.25) is 0 Å². The zero-order valence-electron chi connectivity index (χ0n) is 12.3. The second kappa shape index (κ2) is 5.88. The second-order valence-electron chi connectivity index (χ2n) is 4.93. The molecule has 116 valence electrons. The molecule has 0 radical (unpaired) electrons. The Kier molecular flexibility index (Phi) is 3.76. The van der Waals surface area contributed by atoms with Gasteiger partial charge in [-0.15, -0.1) is 0 Å². The van der Waals surface area contributed by atoms with Crippen molar-refractivity contribution < 1.29 is 9.53 Å². The van der Waals surface area contributed by atoms with Gasteiger partial charge in [-0.2, -0.15) is 0 Å². The van der Waals surface area contributed by atoms with Crippen LogP contribution in [0.15, 0.2) is 52.3 Å². The van der Waals surface area contributed by atoms with Crippen LogP contribution in [0, 0.1) is 0 Å². The molecule has 0 fully saturated rings. The van der Waals surface area contributed by atoms with E-state index in [0.717, 1.165) is 10.1 Å². The maximum absolute atomic E-state index is 12.6. The number of hydrogen-bond acceptors (Lipinski definition) is 5. The smallest absolute Gasteiger partial charge is 0.337 e. The van der Waals surface area contributed by atoms with Gasteiger partial charge in [0.2, 0.25) is 0 Å². The normalized spacial score (nSPS) is 10.7. The number of nitrogens with one attached hydrogen (secondary N) is 1. The summed E-state index contributed by atoms with van der Waals surface area (Å²) in [4.78, 5) is 42.9. The number of aromatic nitrogens is 3. The maximum atomic E-state index is 12.6. The third-order valence-electron chi connectivity index (χ3n) is 3.49. The highest BCUT2D eigenvalue weighted by Gasteiger charge is 2.12. The predicted molar refractivity (Wildman–Crippen MR) is 83.5 cm³/mol. The zero-order chi connectivity index (χ0) is 16.4. The molecule has 0 aliphatic heterocycles. The SMILES string of the molecule is COC(=O)c1ccc2[nH]c(=O)n(Cc3ccncc3)c(=O)c2c1. The Hall–Kier alpha value is -3.22. The number of hydrogen-bond donors (Lipinski definition) is 1. The van der Waals surface area contributed by atoms with E-state index in [1.807, 2.05) is 0 Å². The van der Waals surface area contributed by atoms with Crippen molar-refractivity contribution in [2.24, 2.45) is 0 Å². The summed E-state index contributed by atoms with van der Waals surface area (Å²) < 4.78 is 5.73. The molecule has 0 atom stereocenters. The summed E-state index contributed by atoms with van der Waals surface area (Å²) in [6.45, 7) is 0.120. The van der Waals surface area contributed by atoms with Crippen molar-refractivity contribution in [3.8, 4) is 0 Å². The van der Waals surface area contributed by atoms with Gasteiger partial charge in [-0.25, -0.2) is 9.59 Å². The van der Waals surface area contributed by atoms with Crippen LogP contribution in [0.25, 0.3) is 10.9 Å². The van der Waals surface area contributed by atoms with E-state index in [9.17, 15) is 14.4 Å². The molecule has 2 heterocycles. The molecule has 7 nitrogen and oxygen atoms in total.